The highest BCUT2D eigenvalue weighted by molar-refractivity contribution is 6.02. The van der Waals surface area contributed by atoms with E-state index in [1.165, 1.54) is 30.5 Å². The van der Waals surface area contributed by atoms with Crippen LogP contribution < -0.4 is 10.1 Å². The smallest absolute Gasteiger partial charge is 0.276 e. The van der Waals surface area contributed by atoms with Gasteiger partial charge < -0.3 is 10.1 Å². The van der Waals surface area contributed by atoms with Gasteiger partial charge in [-0.15, -0.1) is 0 Å². The Bertz CT molecular complexity index is 1120. The summed E-state index contributed by atoms with van der Waals surface area (Å²) in [6, 6.07) is 20.2. The third kappa shape index (κ3) is 4.30. The van der Waals surface area contributed by atoms with Gasteiger partial charge in [-0.2, -0.15) is 5.10 Å². The number of aryl methyl sites for hydroxylation is 1. The van der Waals surface area contributed by atoms with Crippen LogP contribution in [0, 0.1) is 12.7 Å². The summed E-state index contributed by atoms with van der Waals surface area (Å²) in [6.45, 7) is 1.89. The molecule has 0 radical (unpaired) electrons. The second-order valence-electron chi connectivity index (χ2n) is 6.31. The van der Waals surface area contributed by atoms with Gasteiger partial charge in [-0.25, -0.2) is 14.1 Å². The molecule has 0 saturated carbocycles. The highest BCUT2D eigenvalue weighted by Crippen LogP contribution is 2.21. The van der Waals surface area contributed by atoms with Gasteiger partial charge in [0.15, 0.2) is 5.69 Å². The Morgan fingerprint density at radius 1 is 1.03 bits per heavy atom. The number of pyridine rings is 1. The number of anilines is 1. The molecule has 2 aromatic heterocycles. The maximum absolute atomic E-state index is 12.9. The van der Waals surface area contributed by atoms with Gasteiger partial charge in [0, 0.05) is 11.8 Å². The number of carbonyl (C=O) groups is 1. The first-order valence-electron chi connectivity index (χ1n) is 8.91. The van der Waals surface area contributed by atoms with Crippen LogP contribution in [-0.4, -0.2) is 20.7 Å². The van der Waals surface area contributed by atoms with Crippen molar-refractivity contribution in [3.8, 4) is 17.3 Å². The first-order chi connectivity index (χ1) is 14.1. The molecule has 6 nitrogen and oxygen atoms in total. The van der Waals surface area contributed by atoms with Crippen molar-refractivity contribution in [2.75, 3.05) is 5.32 Å². The molecule has 0 aliphatic heterocycles. The summed E-state index contributed by atoms with van der Waals surface area (Å²) in [4.78, 5) is 16.7. The van der Waals surface area contributed by atoms with E-state index in [1.54, 1.807) is 22.9 Å². The second-order valence-corrected chi connectivity index (χ2v) is 6.31. The van der Waals surface area contributed by atoms with Gasteiger partial charge in [-0.1, -0.05) is 18.2 Å². The minimum atomic E-state index is -0.340. The predicted octanol–water partition coefficient (Wildman–Crippen LogP) is 4.76. The van der Waals surface area contributed by atoms with Crippen LogP contribution in [-0.2, 0) is 0 Å². The van der Waals surface area contributed by atoms with Crippen molar-refractivity contribution in [2.24, 2.45) is 0 Å². The zero-order valence-electron chi connectivity index (χ0n) is 15.5. The molecule has 0 spiro atoms. The molecule has 0 unspecified atom stereocenters. The standard InChI is InChI=1S/C22H17FN4O2/c1-15-13-20(26-27(15)18-5-3-2-4-6-18)22(28)25-17-9-12-21(24-14-17)29-19-10-7-16(23)8-11-19/h2-14H,1H3,(H,25,28). The normalized spacial score (nSPS) is 10.6. The van der Waals surface area contributed by atoms with Crippen LogP contribution in [0.5, 0.6) is 11.6 Å². The van der Waals surface area contributed by atoms with Crippen molar-refractivity contribution >= 4 is 11.6 Å². The molecule has 0 saturated heterocycles. The number of ether oxygens (including phenoxy) is 1. The number of rotatable bonds is 5. The number of aromatic nitrogens is 3. The zero-order valence-corrected chi connectivity index (χ0v) is 15.5. The third-order valence-electron chi connectivity index (χ3n) is 4.15. The summed E-state index contributed by atoms with van der Waals surface area (Å²) in [5.41, 5.74) is 2.54. The summed E-state index contributed by atoms with van der Waals surface area (Å²) in [7, 11) is 0. The monoisotopic (exact) mass is 388 g/mol. The zero-order chi connectivity index (χ0) is 20.2. The Morgan fingerprint density at radius 3 is 2.48 bits per heavy atom. The fourth-order valence-corrected chi connectivity index (χ4v) is 2.75. The lowest BCUT2D eigenvalue weighted by Gasteiger charge is -2.06. The van der Waals surface area contributed by atoms with Crippen LogP contribution in [0.15, 0.2) is 79.0 Å². The average molecular weight is 388 g/mol. The SMILES string of the molecule is Cc1cc(C(=O)Nc2ccc(Oc3ccc(F)cc3)nc2)nn1-c1ccccc1. The molecule has 2 heterocycles. The van der Waals surface area contributed by atoms with E-state index in [0.29, 0.717) is 23.0 Å². The minimum Gasteiger partial charge on any atom is -0.439 e. The van der Waals surface area contributed by atoms with E-state index in [2.05, 4.69) is 15.4 Å². The van der Waals surface area contributed by atoms with Crippen molar-refractivity contribution in [3.63, 3.8) is 0 Å². The molecule has 29 heavy (non-hydrogen) atoms. The Kier molecular flexibility index (Phi) is 5.03. The molecule has 1 N–H and O–H groups in total. The van der Waals surface area contributed by atoms with E-state index in [9.17, 15) is 9.18 Å². The van der Waals surface area contributed by atoms with Gasteiger partial charge in [-0.3, -0.25) is 4.79 Å². The van der Waals surface area contributed by atoms with Crippen molar-refractivity contribution in [1.29, 1.82) is 0 Å². The minimum absolute atomic E-state index is 0.304. The lowest BCUT2D eigenvalue weighted by Crippen LogP contribution is -2.13. The lowest BCUT2D eigenvalue weighted by molar-refractivity contribution is 0.102. The summed E-state index contributed by atoms with van der Waals surface area (Å²) in [6.07, 6.45) is 1.48. The van der Waals surface area contributed by atoms with E-state index >= 15 is 0 Å². The van der Waals surface area contributed by atoms with Gasteiger partial charge in [0.2, 0.25) is 5.88 Å². The van der Waals surface area contributed by atoms with Crippen LogP contribution in [0.4, 0.5) is 10.1 Å². The molecule has 1 amide bonds. The van der Waals surface area contributed by atoms with Crippen molar-refractivity contribution in [1.82, 2.24) is 14.8 Å². The third-order valence-corrected chi connectivity index (χ3v) is 4.15. The Balaban J connectivity index is 1.44. The van der Waals surface area contributed by atoms with Gasteiger partial charge in [0.05, 0.1) is 17.6 Å². The molecular formula is C22H17FN4O2. The first-order valence-corrected chi connectivity index (χ1v) is 8.91. The summed E-state index contributed by atoms with van der Waals surface area (Å²) >= 11 is 0. The number of amides is 1. The Hall–Kier alpha value is -4.00. The van der Waals surface area contributed by atoms with Crippen LogP contribution >= 0.6 is 0 Å². The molecule has 0 fully saturated rings. The quantitative estimate of drug-likeness (QED) is 0.535. The molecule has 2 aromatic carbocycles. The second kappa shape index (κ2) is 7.93. The number of halogens is 1. The highest BCUT2D eigenvalue weighted by atomic mass is 19.1. The predicted molar refractivity (Wildman–Crippen MR) is 107 cm³/mol. The Labute approximate surface area is 166 Å². The number of carbonyl (C=O) groups excluding carboxylic acids is 1. The molecule has 7 heteroatoms. The lowest BCUT2D eigenvalue weighted by atomic mass is 10.3. The number of hydrogen-bond acceptors (Lipinski definition) is 4. The largest absolute Gasteiger partial charge is 0.439 e. The van der Waals surface area contributed by atoms with Gasteiger partial charge in [0.1, 0.15) is 11.6 Å². The molecule has 144 valence electrons. The van der Waals surface area contributed by atoms with E-state index < -0.39 is 0 Å². The van der Waals surface area contributed by atoms with Crippen molar-refractivity contribution < 1.29 is 13.9 Å². The molecule has 0 aliphatic rings. The number of nitrogens with one attached hydrogen (secondary N) is 1. The van der Waals surface area contributed by atoms with Crippen molar-refractivity contribution in [3.05, 3.63) is 96.2 Å². The van der Waals surface area contributed by atoms with Gasteiger partial charge >= 0.3 is 0 Å². The maximum atomic E-state index is 12.9. The fraction of sp³-hybridized carbons (Fsp3) is 0.0455. The average Bonchev–Trinajstić information content (AvgIpc) is 3.14. The molecular weight excluding hydrogens is 371 g/mol. The van der Waals surface area contributed by atoms with Crippen LogP contribution in [0.25, 0.3) is 5.69 Å². The van der Waals surface area contributed by atoms with Gasteiger partial charge in [0.25, 0.3) is 5.91 Å². The first kappa shape index (κ1) is 18.4. The number of para-hydroxylation sites is 1. The van der Waals surface area contributed by atoms with E-state index in [-0.39, 0.29) is 11.7 Å². The number of hydrogen-bond donors (Lipinski definition) is 1. The van der Waals surface area contributed by atoms with E-state index in [4.69, 9.17) is 4.74 Å². The Morgan fingerprint density at radius 2 is 1.79 bits per heavy atom. The topological polar surface area (TPSA) is 69.0 Å². The molecule has 4 rings (SSSR count). The molecule has 0 aliphatic carbocycles. The summed E-state index contributed by atoms with van der Waals surface area (Å²) in [5.74, 6) is 0.126. The van der Waals surface area contributed by atoms with Crippen LogP contribution in [0.2, 0.25) is 0 Å². The number of nitrogens with zero attached hydrogens (tertiary/aromatic N) is 3. The van der Waals surface area contributed by atoms with Crippen LogP contribution in [0.1, 0.15) is 16.2 Å². The fourth-order valence-electron chi connectivity index (χ4n) is 2.75. The highest BCUT2D eigenvalue weighted by Gasteiger charge is 2.14. The summed E-state index contributed by atoms with van der Waals surface area (Å²) in [5, 5.41) is 7.15. The van der Waals surface area contributed by atoms with Crippen LogP contribution in [0.3, 0.4) is 0 Å². The van der Waals surface area contributed by atoms with Gasteiger partial charge in [-0.05, 0) is 55.5 Å². The maximum Gasteiger partial charge on any atom is 0.276 e. The van der Waals surface area contributed by atoms with Crippen molar-refractivity contribution in [2.45, 2.75) is 6.92 Å². The molecule has 4 aromatic rings. The van der Waals surface area contributed by atoms with E-state index in [0.717, 1.165) is 11.4 Å². The summed E-state index contributed by atoms with van der Waals surface area (Å²) < 4.78 is 20.2. The van der Waals surface area contributed by atoms with E-state index in [1.807, 2.05) is 37.3 Å². The molecule has 0 bridgehead atoms. The number of benzene rings is 2. The molecule has 0 atom stereocenters.